The molecule has 0 aromatic carbocycles. The first kappa shape index (κ1) is 17.7. The van der Waals surface area contributed by atoms with Gasteiger partial charge in [-0.1, -0.05) is 64.0 Å². The summed E-state index contributed by atoms with van der Waals surface area (Å²) in [7, 11) is 0. The average Bonchev–Trinajstić information content (AvgIpc) is 2.39. The van der Waals surface area contributed by atoms with Crippen LogP contribution in [0.3, 0.4) is 0 Å². The second kappa shape index (κ2) is 16.7. The third kappa shape index (κ3) is 15.7. The number of hydrogen-bond donors (Lipinski definition) is 2. The van der Waals surface area contributed by atoms with Gasteiger partial charge in [0.1, 0.15) is 0 Å². The van der Waals surface area contributed by atoms with Gasteiger partial charge in [0.25, 0.3) is 0 Å². The summed E-state index contributed by atoms with van der Waals surface area (Å²) < 4.78 is 0. The Kier molecular flexibility index (Phi) is 16.3. The number of nitrogens with one attached hydrogen (secondary N) is 1. The molecule has 0 spiro atoms. The molecule has 2 heteroatoms. The molecule has 0 aromatic rings. The third-order valence-corrected chi connectivity index (χ3v) is 3.30. The number of hydroxylamine groups is 1. The summed E-state index contributed by atoms with van der Waals surface area (Å²) in [6.45, 7) is 3.00. The van der Waals surface area contributed by atoms with Gasteiger partial charge in [-0.15, -0.1) is 0 Å². The van der Waals surface area contributed by atoms with E-state index in [1.54, 1.807) is 0 Å². The molecule has 0 aliphatic carbocycles. The third-order valence-electron chi connectivity index (χ3n) is 3.30. The van der Waals surface area contributed by atoms with Gasteiger partial charge in [-0.3, -0.25) is 0 Å². The van der Waals surface area contributed by atoms with Gasteiger partial charge in [0.15, 0.2) is 0 Å². The molecule has 0 fully saturated rings. The van der Waals surface area contributed by atoms with Gasteiger partial charge in [0.2, 0.25) is 0 Å². The molecule has 0 amide bonds. The molecule has 0 radical (unpaired) electrons. The van der Waals surface area contributed by atoms with E-state index in [-0.39, 0.29) is 0 Å². The molecule has 0 unspecified atom stereocenters. The normalized spacial score (nSPS) is 11.4. The summed E-state index contributed by atoms with van der Waals surface area (Å²) in [5.74, 6) is 0. The van der Waals surface area contributed by atoms with Crippen LogP contribution in [0.15, 0.2) is 12.2 Å². The summed E-state index contributed by atoms with van der Waals surface area (Å²) in [4.78, 5) is 0. The Morgan fingerprint density at radius 3 is 1.78 bits per heavy atom. The van der Waals surface area contributed by atoms with Crippen LogP contribution in [-0.4, -0.2) is 11.8 Å². The van der Waals surface area contributed by atoms with Crippen molar-refractivity contribution in [1.82, 2.24) is 5.48 Å². The number of hydrogen-bond acceptors (Lipinski definition) is 2. The van der Waals surface area contributed by atoms with Crippen molar-refractivity contribution in [2.75, 3.05) is 6.54 Å². The first-order valence-corrected chi connectivity index (χ1v) is 7.93. The van der Waals surface area contributed by atoms with Crippen LogP contribution in [0.25, 0.3) is 0 Å². The second-order valence-electron chi connectivity index (χ2n) is 5.14. The smallest absolute Gasteiger partial charge is 0.0207 e. The van der Waals surface area contributed by atoms with E-state index in [9.17, 15) is 0 Å². The van der Waals surface area contributed by atoms with E-state index in [2.05, 4.69) is 24.6 Å². The maximum Gasteiger partial charge on any atom is 0.0207 e. The topological polar surface area (TPSA) is 32.3 Å². The van der Waals surface area contributed by atoms with Crippen molar-refractivity contribution >= 4 is 0 Å². The highest BCUT2D eigenvalue weighted by Crippen LogP contribution is 2.08. The Hall–Kier alpha value is -0.340. The van der Waals surface area contributed by atoms with Crippen molar-refractivity contribution in [3.05, 3.63) is 12.2 Å². The van der Waals surface area contributed by atoms with Crippen molar-refractivity contribution in [2.45, 2.75) is 84.0 Å². The van der Waals surface area contributed by atoms with Crippen LogP contribution in [0, 0.1) is 0 Å². The number of rotatable bonds is 14. The maximum atomic E-state index is 8.40. The fourth-order valence-electron chi connectivity index (χ4n) is 2.10. The van der Waals surface area contributed by atoms with E-state index in [1.165, 1.54) is 70.6 Å². The van der Waals surface area contributed by atoms with E-state index in [1.807, 2.05) is 0 Å². The number of allylic oxidation sites excluding steroid dienone is 2. The maximum absolute atomic E-state index is 8.40. The SMILES string of the molecule is CCCCCC/C=C/CCCCCCCCNO. The van der Waals surface area contributed by atoms with Crippen LogP contribution in [0.4, 0.5) is 0 Å². The van der Waals surface area contributed by atoms with Gasteiger partial charge in [0, 0.05) is 6.54 Å². The fraction of sp³-hybridized carbons (Fsp3) is 0.875. The molecule has 0 saturated carbocycles. The molecule has 0 aliphatic heterocycles. The summed E-state index contributed by atoms with van der Waals surface area (Å²) in [5, 5.41) is 8.40. The highest BCUT2D eigenvalue weighted by Gasteiger charge is 1.90. The lowest BCUT2D eigenvalue weighted by Gasteiger charge is -2.00. The predicted octanol–water partition coefficient (Wildman–Crippen LogP) is 5.22. The molecule has 0 aromatic heterocycles. The van der Waals surface area contributed by atoms with Crippen LogP contribution in [0.2, 0.25) is 0 Å². The van der Waals surface area contributed by atoms with Gasteiger partial charge < -0.3 is 5.21 Å². The summed E-state index contributed by atoms with van der Waals surface area (Å²) in [5.41, 5.74) is 2.20. The van der Waals surface area contributed by atoms with Crippen LogP contribution in [-0.2, 0) is 0 Å². The minimum Gasteiger partial charge on any atom is -0.317 e. The lowest BCUT2D eigenvalue weighted by molar-refractivity contribution is 0.164. The molecular weight excluding hydrogens is 222 g/mol. The Bertz CT molecular complexity index is 168. The van der Waals surface area contributed by atoms with E-state index in [0.717, 1.165) is 13.0 Å². The van der Waals surface area contributed by atoms with Gasteiger partial charge in [-0.25, -0.2) is 5.48 Å². The quantitative estimate of drug-likeness (QED) is 0.253. The van der Waals surface area contributed by atoms with Gasteiger partial charge in [0.05, 0.1) is 0 Å². The lowest BCUT2D eigenvalue weighted by atomic mass is 10.1. The molecule has 0 saturated heterocycles. The standard InChI is InChI=1S/C16H33NO/c1-2-3-4-5-6-7-8-9-10-11-12-13-14-15-16-17-18/h7-8,17-18H,2-6,9-16H2,1H3/b8-7+. The van der Waals surface area contributed by atoms with E-state index >= 15 is 0 Å². The Morgan fingerprint density at radius 1 is 0.722 bits per heavy atom. The molecule has 0 bridgehead atoms. The van der Waals surface area contributed by atoms with Crippen molar-refractivity contribution < 1.29 is 5.21 Å². The van der Waals surface area contributed by atoms with Gasteiger partial charge in [-0.2, -0.15) is 0 Å². The van der Waals surface area contributed by atoms with Crippen molar-refractivity contribution in [2.24, 2.45) is 0 Å². The zero-order valence-electron chi connectivity index (χ0n) is 12.3. The summed E-state index contributed by atoms with van der Waals surface area (Å²) in [6.07, 6.45) is 20.4. The van der Waals surface area contributed by atoms with Crippen LogP contribution >= 0.6 is 0 Å². The first-order valence-electron chi connectivity index (χ1n) is 7.93. The Balaban J connectivity index is 2.99. The largest absolute Gasteiger partial charge is 0.317 e. The average molecular weight is 255 g/mol. The van der Waals surface area contributed by atoms with E-state index < -0.39 is 0 Å². The Morgan fingerprint density at radius 2 is 1.22 bits per heavy atom. The van der Waals surface area contributed by atoms with Crippen LogP contribution in [0.5, 0.6) is 0 Å². The lowest BCUT2D eigenvalue weighted by Crippen LogP contribution is -2.07. The van der Waals surface area contributed by atoms with E-state index in [4.69, 9.17) is 5.21 Å². The summed E-state index contributed by atoms with van der Waals surface area (Å²) >= 11 is 0. The number of unbranched alkanes of at least 4 members (excludes halogenated alkanes) is 10. The molecule has 2 N–H and O–H groups in total. The zero-order valence-corrected chi connectivity index (χ0v) is 12.3. The van der Waals surface area contributed by atoms with Crippen LogP contribution < -0.4 is 5.48 Å². The van der Waals surface area contributed by atoms with Crippen LogP contribution in [0.1, 0.15) is 84.0 Å². The minimum atomic E-state index is 0.737. The van der Waals surface area contributed by atoms with Gasteiger partial charge >= 0.3 is 0 Å². The molecule has 0 aliphatic rings. The van der Waals surface area contributed by atoms with E-state index in [0.29, 0.717) is 0 Å². The molecule has 0 rings (SSSR count). The Labute approximate surface area is 114 Å². The van der Waals surface area contributed by atoms with Crippen molar-refractivity contribution in [3.8, 4) is 0 Å². The first-order chi connectivity index (χ1) is 8.91. The van der Waals surface area contributed by atoms with Crippen molar-refractivity contribution in [3.63, 3.8) is 0 Å². The molecule has 0 heterocycles. The fourth-order valence-corrected chi connectivity index (χ4v) is 2.10. The molecule has 2 nitrogen and oxygen atoms in total. The second-order valence-corrected chi connectivity index (χ2v) is 5.14. The van der Waals surface area contributed by atoms with Gasteiger partial charge in [-0.05, 0) is 32.1 Å². The molecular formula is C16H33NO. The van der Waals surface area contributed by atoms with Crippen molar-refractivity contribution in [1.29, 1.82) is 0 Å². The molecule has 0 atom stereocenters. The molecule has 18 heavy (non-hydrogen) atoms. The zero-order chi connectivity index (χ0) is 13.3. The highest BCUT2D eigenvalue weighted by atomic mass is 16.5. The molecule has 108 valence electrons. The monoisotopic (exact) mass is 255 g/mol. The minimum absolute atomic E-state index is 0.737. The summed E-state index contributed by atoms with van der Waals surface area (Å²) in [6, 6.07) is 0. The predicted molar refractivity (Wildman–Crippen MR) is 80.0 cm³/mol. The highest BCUT2D eigenvalue weighted by molar-refractivity contribution is 4.81.